The molecule has 146 valence electrons. The molecule has 2 heterocycles. The number of fused-ring (bicyclic) bond motifs is 1. The number of cyclic esters (lactones) is 1. The topological polar surface area (TPSA) is 72.5 Å². The zero-order valence-corrected chi connectivity index (χ0v) is 15.9. The average molecular weight is 384 g/mol. The van der Waals surface area contributed by atoms with Gasteiger partial charge in [-0.05, 0) is 35.4 Å². The minimum absolute atomic E-state index is 0.171. The lowest BCUT2D eigenvalue weighted by molar-refractivity contribution is -0.133. The molecule has 0 saturated carbocycles. The molecule has 0 N–H and O–H groups in total. The Bertz CT molecular complexity index is 936. The molecular formula is C21H20O7. The quantitative estimate of drug-likeness (QED) is 0.734. The predicted octanol–water partition coefficient (Wildman–Crippen LogP) is 2.95. The molecule has 0 bridgehead atoms. The highest BCUT2D eigenvalue weighted by molar-refractivity contribution is 6.27. The summed E-state index contributed by atoms with van der Waals surface area (Å²) >= 11 is 0. The van der Waals surface area contributed by atoms with Gasteiger partial charge in [-0.1, -0.05) is 6.07 Å². The fraction of sp³-hybridized carbons (Fsp3) is 0.286. The molecule has 28 heavy (non-hydrogen) atoms. The van der Waals surface area contributed by atoms with Gasteiger partial charge in [0.25, 0.3) is 0 Å². The van der Waals surface area contributed by atoms with Crippen LogP contribution in [0.1, 0.15) is 11.1 Å². The van der Waals surface area contributed by atoms with Crippen LogP contribution in [-0.4, -0.2) is 47.1 Å². The Morgan fingerprint density at radius 2 is 1.46 bits per heavy atom. The van der Waals surface area contributed by atoms with Crippen molar-refractivity contribution in [2.45, 2.75) is 0 Å². The van der Waals surface area contributed by atoms with Crippen molar-refractivity contribution in [3.8, 4) is 28.7 Å². The monoisotopic (exact) mass is 384 g/mol. The number of carbonyl (C=O) groups excluding carboxylic acids is 1. The van der Waals surface area contributed by atoms with E-state index in [1.807, 2.05) is 18.2 Å². The highest BCUT2D eigenvalue weighted by Crippen LogP contribution is 2.43. The van der Waals surface area contributed by atoms with Crippen molar-refractivity contribution in [3.63, 3.8) is 0 Å². The van der Waals surface area contributed by atoms with Crippen molar-refractivity contribution in [2.24, 2.45) is 0 Å². The highest BCUT2D eigenvalue weighted by Gasteiger charge is 2.30. The molecule has 0 saturated heterocycles. The summed E-state index contributed by atoms with van der Waals surface area (Å²) in [6.07, 6.45) is 0. The van der Waals surface area contributed by atoms with Crippen molar-refractivity contribution < 1.29 is 33.2 Å². The van der Waals surface area contributed by atoms with Gasteiger partial charge in [0.2, 0.25) is 5.75 Å². The van der Waals surface area contributed by atoms with Gasteiger partial charge in [-0.3, -0.25) is 0 Å². The largest absolute Gasteiger partial charge is 0.493 e. The summed E-state index contributed by atoms with van der Waals surface area (Å²) in [6, 6.07) is 9.07. The summed E-state index contributed by atoms with van der Waals surface area (Å²) in [5.41, 5.74) is 2.67. The van der Waals surface area contributed by atoms with E-state index in [1.54, 1.807) is 12.1 Å². The summed E-state index contributed by atoms with van der Waals surface area (Å²) < 4.78 is 32.8. The van der Waals surface area contributed by atoms with Gasteiger partial charge in [0, 0.05) is 5.57 Å². The third-order valence-corrected chi connectivity index (χ3v) is 4.70. The number of benzene rings is 2. The van der Waals surface area contributed by atoms with E-state index in [1.165, 1.54) is 21.3 Å². The SMILES string of the molecule is COc1cc(C2=C(c3ccc4c(c3)OCCO4)COC2=O)cc(OC)c1OC. The first-order valence-electron chi connectivity index (χ1n) is 8.77. The second kappa shape index (κ2) is 7.34. The second-order valence-electron chi connectivity index (χ2n) is 6.20. The standard InChI is InChI=1S/C21H20O7/c1-23-17-9-13(10-18(24-2)20(17)25-3)19-14(11-28-21(19)22)12-4-5-15-16(8-12)27-7-6-26-15/h4-5,8-10H,6-7,11H2,1-3H3. The maximum absolute atomic E-state index is 12.6. The maximum Gasteiger partial charge on any atom is 0.339 e. The highest BCUT2D eigenvalue weighted by atomic mass is 16.6. The molecule has 2 aliphatic rings. The van der Waals surface area contributed by atoms with E-state index in [4.69, 9.17) is 28.4 Å². The van der Waals surface area contributed by atoms with Gasteiger partial charge >= 0.3 is 5.97 Å². The number of methoxy groups -OCH3 is 3. The molecule has 0 aromatic heterocycles. The fourth-order valence-electron chi connectivity index (χ4n) is 3.38. The Labute approximate surface area is 162 Å². The second-order valence-corrected chi connectivity index (χ2v) is 6.20. The summed E-state index contributed by atoms with van der Waals surface area (Å²) in [7, 11) is 4.60. The zero-order chi connectivity index (χ0) is 19.7. The van der Waals surface area contributed by atoms with Gasteiger partial charge in [-0.25, -0.2) is 4.79 Å². The number of esters is 1. The lowest BCUT2D eigenvalue weighted by Crippen LogP contribution is -2.15. The number of carbonyl (C=O) groups is 1. The molecule has 2 aromatic rings. The van der Waals surface area contributed by atoms with E-state index < -0.39 is 5.97 Å². The van der Waals surface area contributed by atoms with E-state index >= 15 is 0 Å². The predicted molar refractivity (Wildman–Crippen MR) is 101 cm³/mol. The van der Waals surface area contributed by atoms with E-state index in [0.717, 1.165) is 11.1 Å². The Kier molecular flexibility index (Phi) is 4.73. The molecule has 7 heteroatoms. The summed E-state index contributed by atoms with van der Waals surface area (Å²) in [5, 5.41) is 0. The molecule has 0 atom stereocenters. The summed E-state index contributed by atoms with van der Waals surface area (Å²) in [5.74, 6) is 2.33. The molecule has 0 amide bonds. The first kappa shape index (κ1) is 18.0. The van der Waals surface area contributed by atoms with Crippen LogP contribution in [0.5, 0.6) is 28.7 Å². The first-order valence-corrected chi connectivity index (χ1v) is 8.77. The van der Waals surface area contributed by atoms with Crippen LogP contribution in [0.4, 0.5) is 0 Å². The first-order chi connectivity index (χ1) is 13.7. The van der Waals surface area contributed by atoms with Crippen molar-refractivity contribution in [3.05, 3.63) is 41.5 Å². The Hall–Kier alpha value is -3.35. The van der Waals surface area contributed by atoms with Crippen LogP contribution in [0, 0.1) is 0 Å². The van der Waals surface area contributed by atoms with Crippen LogP contribution in [0.2, 0.25) is 0 Å². The van der Waals surface area contributed by atoms with E-state index in [0.29, 0.717) is 53.1 Å². The van der Waals surface area contributed by atoms with Gasteiger partial charge in [-0.15, -0.1) is 0 Å². The Balaban J connectivity index is 1.86. The van der Waals surface area contributed by atoms with Crippen molar-refractivity contribution in [2.75, 3.05) is 41.2 Å². The van der Waals surface area contributed by atoms with E-state index in [9.17, 15) is 4.79 Å². The number of ether oxygens (including phenoxy) is 6. The molecule has 7 nitrogen and oxygen atoms in total. The summed E-state index contributed by atoms with van der Waals surface area (Å²) in [4.78, 5) is 12.6. The molecule has 0 aliphatic carbocycles. The van der Waals surface area contributed by atoms with Gasteiger partial charge < -0.3 is 28.4 Å². The van der Waals surface area contributed by atoms with Crippen molar-refractivity contribution >= 4 is 17.1 Å². The van der Waals surface area contributed by atoms with Crippen molar-refractivity contribution in [1.29, 1.82) is 0 Å². The van der Waals surface area contributed by atoms with Gasteiger partial charge in [-0.2, -0.15) is 0 Å². The van der Waals surface area contributed by atoms with Crippen LogP contribution in [0.25, 0.3) is 11.1 Å². The average Bonchev–Trinajstić information content (AvgIpc) is 3.13. The normalized spacial score (nSPS) is 15.3. The van der Waals surface area contributed by atoms with Gasteiger partial charge in [0.1, 0.15) is 19.8 Å². The zero-order valence-electron chi connectivity index (χ0n) is 15.9. The van der Waals surface area contributed by atoms with Gasteiger partial charge in [0.15, 0.2) is 23.0 Å². The number of rotatable bonds is 5. The summed E-state index contributed by atoms with van der Waals surface area (Å²) in [6.45, 7) is 1.18. The smallest absolute Gasteiger partial charge is 0.339 e. The number of hydrogen-bond acceptors (Lipinski definition) is 7. The van der Waals surface area contributed by atoms with Crippen molar-refractivity contribution in [1.82, 2.24) is 0 Å². The van der Waals surface area contributed by atoms with Crippen LogP contribution in [-0.2, 0) is 9.53 Å². The Morgan fingerprint density at radius 3 is 2.11 bits per heavy atom. The molecule has 0 radical (unpaired) electrons. The van der Waals surface area contributed by atoms with Crippen LogP contribution in [0.3, 0.4) is 0 Å². The minimum atomic E-state index is -0.404. The molecule has 4 rings (SSSR count). The van der Waals surface area contributed by atoms with E-state index in [-0.39, 0.29) is 6.61 Å². The molecular weight excluding hydrogens is 364 g/mol. The van der Waals surface area contributed by atoms with Crippen LogP contribution >= 0.6 is 0 Å². The minimum Gasteiger partial charge on any atom is -0.493 e. The van der Waals surface area contributed by atoms with Gasteiger partial charge in [0.05, 0.1) is 26.9 Å². The van der Waals surface area contributed by atoms with E-state index in [2.05, 4.69) is 0 Å². The third-order valence-electron chi connectivity index (χ3n) is 4.70. The van der Waals surface area contributed by atoms with Crippen LogP contribution in [0.15, 0.2) is 30.3 Å². The fourth-order valence-corrected chi connectivity index (χ4v) is 3.38. The molecule has 0 fully saturated rings. The molecule has 2 aromatic carbocycles. The molecule has 0 spiro atoms. The Morgan fingerprint density at radius 1 is 0.786 bits per heavy atom. The van der Waals surface area contributed by atoms with Crippen LogP contribution < -0.4 is 23.7 Å². The molecule has 2 aliphatic heterocycles. The molecule has 0 unspecified atom stereocenters. The maximum atomic E-state index is 12.6. The third kappa shape index (κ3) is 2.98. The lowest BCUT2D eigenvalue weighted by atomic mass is 9.95. The lowest BCUT2D eigenvalue weighted by Gasteiger charge is -2.19. The number of hydrogen-bond donors (Lipinski definition) is 0.